The molecule has 1 N–H and O–H groups in total. The molecule has 1 aliphatic heterocycles. The van der Waals surface area contributed by atoms with E-state index in [1.807, 2.05) is 6.92 Å². The minimum absolute atomic E-state index is 0.147. The quantitative estimate of drug-likeness (QED) is 0.911. The highest BCUT2D eigenvalue weighted by molar-refractivity contribution is 5.21. The lowest BCUT2D eigenvalue weighted by atomic mass is 10.0. The number of aromatic nitrogens is 2. The third-order valence-corrected chi connectivity index (χ3v) is 3.42. The van der Waals surface area contributed by atoms with Crippen LogP contribution in [-0.4, -0.2) is 28.8 Å². The molecule has 3 rings (SSSR count). The van der Waals surface area contributed by atoms with Gasteiger partial charge in [0.15, 0.2) is 5.82 Å². The molecule has 0 amide bonds. The molecule has 2 aromatic rings. The first kappa shape index (κ1) is 14.1. The van der Waals surface area contributed by atoms with Gasteiger partial charge in [-0.3, -0.25) is 0 Å². The number of nitrogens with one attached hydrogen (secondary N) is 1. The fourth-order valence-electron chi connectivity index (χ4n) is 2.07. The molecule has 5 nitrogen and oxygen atoms in total. The van der Waals surface area contributed by atoms with Gasteiger partial charge in [-0.25, -0.2) is 8.78 Å². The highest BCUT2D eigenvalue weighted by Crippen LogP contribution is 2.18. The Morgan fingerprint density at radius 2 is 2.19 bits per heavy atom. The standard InChI is InChI=1S/C14H15F2N3O2/c1-14(7-17-8-14)20-6-13-18-12(19-21-13)4-9-2-3-10(15)5-11(9)16/h2-3,5,17H,4,6-8H2,1H3. The molecule has 1 saturated heterocycles. The van der Waals surface area contributed by atoms with E-state index in [9.17, 15) is 8.78 Å². The van der Waals surface area contributed by atoms with E-state index in [1.54, 1.807) is 0 Å². The zero-order valence-corrected chi connectivity index (χ0v) is 11.5. The molecule has 1 fully saturated rings. The van der Waals surface area contributed by atoms with E-state index in [1.165, 1.54) is 12.1 Å². The number of ether oxygens (including phenoxy) is 1. The van der Waals surface area contributed by atoms with Crippen molar-refractivity contribution in [1.29, 1.82) is 0 Å². The Balaban J connectivity index is 1.62. The lowest BCUT2D eigenvalue weighted by molar-refractivity contribution is -0.0841. The van der Waals surface area contributed by atoms with Gasteiger partial charge in [0.1, 0.15) is 18.2 Å². The van der Waals surface area contributed by atoms with E-state index in [2.05, 4.69) is 15.5 Å². The van der Waals surface area contributed by atoms with Crippen molar-refractivity contribution in [3.05, 3.63) is 47.1 Å². The van der Waals surface area contributed by atoms with Crippen molar-refractivity contribution in [2.75, 3.05) is 13.1 Å². The van der Waals surface area contributed by atoms with E-state index < -0.39 is 11.6 Å². The molecule has 0 atom stereocenters. The molecule has 21 heavy (non-hydrogen) atoms. The van der Waals surface area contributed by atoms with Gasteiger partial charge in [0, 0.05) is 25.6 Å². The maximum atomic E-state index is 13.5. The van der Waals surface area contributed by atoms with Gasteiger partial charge >= 0.3 is 0 Å². The average molecular weight is 295 g/mol. The van der Waals surface area contributed by atoms with Crippen molar-refractivity contribution in [3.8, 4) is 0 Å². The van der Waals surface area contributed by atoms with Crippen LogP contribution in [0.4, 0.5) is 8.78 Å². The summed E-state index contributed by atoms with van der Waals surface area (Å²) in [5.74, 6) is -0.539. The highest BCUT2D eigenvalue weighted by Gasteiger charge is 2.33. The van der Waals surface area contributed by atoms with Crippen LogP contribution < -0.4 is 5.32 Å². The molecular weight excluding hydrogens is 280 g/mol. The minimum Gasteiger partial charge on any atom is -0.363 e. The SMILES string of the molecule is CC1(OCc2nc(Cc3ccc(F)cc3F)no2)CNC1. The second-order valence-electron chi connectivity index (χ2n) is 5.36. The summed E-state index contributed by atoms with van der Waals surface area (Å²) in [6, 6.07) is 3.41. The second kappa shape index (κ2) is 5.50. The number of nitrogens with zero attached hydrogens (tertiary/aromatic N) is 2. The van der Waals surface area contributed by atoms with Crippen molar-refractivity contribution < 1.29 is 18.0 Å². The van der Waals surface area contributed by atoms with Crippen LogP contribution in [-0.2, 0) is 17.8 Å². The fraction of sp³-hybridized carbons (Fsp3) is 0.429. The van der Waals surface area contributed by atoms with Crippen LogP contribution in [0.25, 0.3) is 0 Å². The van der Waals surface area contributed by atoms with Crippen LogP contribution in [0.2, 0.25) is 0 Å². The van der Waals surface area contributed by atoms with Gasteiger partial charge in [0.2, 0.25) is 0 Å². The Kier molecular flexibility index (Phi) is 3.69. The number of benzene rings is 1. The van der Waals surface area contributed by atoms with Crippen molar-refractivity contribution >= 4 is 0 Å². The zero-order chi connectivity index (χ0) is 14.9. The Labute approximate surface area is 120 Å². The molecular formula is C14H15F2N3O2. The van der Waals surface area contributed by atoms with Gasteiger partial charge in [-0.05, 0) is 18.6 Å². The maximum absolute atomic E-state index is 13.5. The van der Waals surface area contributed by atoms with Crippen LogP contribution in [0.15, 0.2) is 22.7 Å². The third-order valence-electron chi connectivity index (χ3n) is 3.42. The molecule has 0 unspecified atom stereocenters. The summed E-state index contributed by atoms with van der Waals surface area (Å²) in [5, 5.41) is 6.90. The van der Waals surface area contributed by atoms with Crippen LogP contribution >= 0.6 is 0 Å². The summed E-state index contributed by atoms with van der Waals surface area (Å²) < 4.78 is 37.1. The number of hydrogen-bond acceptors (Lipinski definition) is 5. The number of hydrogen-bond donors (Lipinski definition) is 1. The first-order chi connectivity index (χ1) is 10.0. The highest BCUT2D eigenvalue weighted by atomic mass is 19.1. The first-order valence-electron chi connectivity index (χ1n) is 6.64. The normalized spacial score (nSPS) is 16.7. The molecule has 0 spiro atoms. The largest absolute Gasteiger partial charge is 0.363 e. The summed E-state index contributed by atoms with van der Waals surface area (Å²) in [4.78, 5) is 4.15. The minimum atomic E-state index is -0.620. The molecule has 0 saturated carbocycles. The predicted octanol–water partition coefficient (Wildman–Crippen LogP) is 1.82. The summed E-state index contributed by atoms with van der Waals surface area (Å²) in [6.07, 6.45) is 0.147. The lowest BCUT2D eigenvalue weighted by Crippen LogP contribution is -2.58. The Morgan fingerprint density at radius 3 is 2.86 bits per heavy atom. The van der Waals surface area contributed by atoms with Gasteiger partial charge in [0.05, 0.1) is 5.60 Å². The zero-order valence-electron chi connectivity index (χ0n) is 11.5. The van der Waals surface area contributed by atoms with Crippen LogP contribution in [0, 0.1) is 11.6 Å². The number of halogens is 2. The Hall–Kier alpha value is -1.86. The van der Waals surface area contributed by atoms with Gasteiger partial charge in [-0.15, -0.1) is 0 Å². The lowest BCUT2D eigenvalue weighted by Gasteiger charge is -2.38. The molecule has 0 aliphatic carbocycles. The maximum Gasteiger partial charge on any atom is 0.252 e. The predicted molar refractivity (Wildman–Crippen MR) is 69.5 cm³/mol. The smallest absolute Gasteiger partial charge is 0.252 e. The Bertz CT molecular complexity index is 641. The third kappa shape index (κ3) is 3.25. The second-order valence-corrected chi connectivity index (χ2v) is 5.36. The molecule has 1 aromatic heterocycles. The summed E-state index contributed by atoms with van der Waals surface area (Å²) >= 11 is 0. The molecule has 0 radical (unpaired) electrons. The van der Waals surface area contributed by atoms with Gasteiger partial charge < -0.3 is 14.6 Å². The number of rotatable bonds is 5. The summed E-state index contributed by atoms with van der Waals surface area (Å²) in [5.41, 5.74) is 0.123. The van der Waals surface area contributed by atoms with Crippen LogP contribution in [0.5, 0.6) is 0 Å². The van der Waals surface area contributed by atoms with E-state index >= 15 is 0 Å². The van der Waals surface area contributed by atoms with Crippen molar-refractivity contribution in [3.63, 3.8) is 0 Å². The monoisotopic (exact) mass is 295 g/mol. The van der Waals surface area contributed by atoms with Crippen molar-refractivity contribution in [1.82, 2.24) is 15.5 Å². The average Bonchev–Trinajstić information content (AvgIpc) is 2.85. The molecule has 2 heterocycles. The van der Waals surface area contributed by atoms with E-state index in [0.717, 1.165) is 19.2 Å². The van der Waals surface area contributed by atoms with Gasteiger partial charge in [-0.2, -0.15) is 4.98 Å². The fourth-order valence-corrected chi connectivity index (χ4v) is 2.07. The van der Waals surface area contributed by atoms with Crippen LogP contribution in [0.3, 0.4) is 0 Å². The Morgan fingerprint density at radius 1 is 1.38 bits per heavy atom. The van der Waals surface area contributed by atoms with Crippen molar-refractivity contribution in [2.45, 2.75) is 25.6 Å². The molecule has 7 heteroatoms. The van der Waals surface area contributed by atoms with Gasteiger partial charge in [-0.1, -0.05) is 11.2 Å². The topological polar surface area (TPSA) is 60.2 Å². The van der Waals surface area contributed by atoms with Gasteiger partial charge in [0.25, 0.3) is 5.89 Å². The van der Waals surface area contributed by atoms with E-state index in [0.29, 0.717) is 17.3 Å². The summed E-state index contributed by atoms with van der Waals surface area (Å²) in [6.45, 7) is 3.79. The molecule has 112 valence electrons. The first-order valence-corrected chi connectivity index (χ1v) is 6.64. The summed E-state index contributed by atoms with van der Waals surface area (Å²) in [7, 11) is 0. The molecule has 1 aromatic carbocycles. The van der Waals surface area contributed by atoms with Crippen LogP contribution in [0.1, 0.15) is 24.2 Å². The molecule has 1 aliphatic rings. The van der Waals surface area contributed by atoms with E-state index in [4.69, 9.17) is 9.26 Å². The molecule has 0 bridgehead atoms. The van der Waals surface area contributed by atoms with E-state index in [-0.39, 0.29) is 18.6 Å². The van der Waals surface area contributed by atoms with Crippen molar-refractivity contribution in [2.24, 2.45) is 0 Å².